The van der Waals surface area contributed by atoms with Crippen LogP contribution >= 0.6 is 34.8 Å². The Morgan fingerprint density at radius 3 is 2.32 bits per heavy atom. The standard InChI is InChI=1S/C14H12Cl3NO3S/c1-2-21-12-7-6-9(15)8-13(12)22(19,20)18-14-10(16)4-3-5-11(14)17/h3-8,18H,2H2,1H3. The summed E-state index contributed by atoms with van der Waals surface area (Å²) in [6.07, 6.45) is 0. The van der Waals surface area contributed by atoms with Crippen molar-refractivity contribution in [1.82, 2.24) is 0 Å². The summed E-state index contributed by atoms with van der Waals surface area (Å²) in [6.45, 7) is 2.07. The van der Waals surface area contributed by atoms with Crippen molar-refractivity contribution in [2.75, 3.05) is 11.3 Å². The molecule has 0 heterocycles. The van der Waals surface area contributed by atoms with Crippen molar-refractivity contribution in [3.63, 3.8) is 0 Å². The lowest BCUT2D eigenvalue weighted by atomic mass is 10.3. The molecule has 2 rings (SSSR count). The zero-order valence-electron chi connectivity index (χ0n) is 11.4. The maximum Gasteiger partial charge on any atom is 0.265 e. The van der Waals surface area contributed by atoms with Crippen LogP contribution in [0.1, 0.15) is 6.92 Å². The molecule has 8 heteroatoms. The molecule has 0 fully saturated rings. The smallest absolute Gasteiger partial charge is 0.265 e. The molecule has 0 bridgehead atoms. The van der Waals surface area contributed by atoms with E-state index in [4.69, 9.17) is 39.5 Å². The number of nitrogens with one attached hydrogen (secondary N) is 1. The van der Waals surface area contributed by atoms with Crippen LogP contribution in [0.2, 0.25) is 15.1 Å². The van der Waals surface area contributed by atoms with Gasteiger partial charge in [0.15, 0.2) is 0 Å². The third-order valence-electron chi connectivity index (χ3n) is 2.69. The predicted molar refractivity (Wildman–Crippen MR) is 89.9 cm³/mol. The highest BCUT2D eigenvalue weighted by Gasteiger charge is 2.22. The Bertz CT molecular complexity index is 774. The number of halogens is 3. The van der Waals surface area contributed by atoms with Crippen LogP contribution in [0.4, 0.5) is 5.69 Å². The molecule has 2 aromatic carbocycles. The number of rotatable bonds is 5. The van der Waals surface area contributed by atoms with E-state index >= 15 is 0 Å². The first-order valence-corrected chi connectivity index (χ1v) is 8.86. The van der Waals surface area contributed by atoms with Gasteiger partial charge >= 0.3 is 0 Å². The van der Waals surface area contributed by atoms with Crippen LogP contribution in [-0.4, -0.2) is 15.0 Å². The van der Waals surface area contributed by atoms with Gasteiger partial charge in [-0.25, -0.2) is 8.42 Å². The van der Waals surface area contributed by atoms with Gasteiger partial charge < -0.3 is 4.74 Å². The van der Waals surface area contributed by atoms with Crippen molar-refractivity contribution in [3.05, 3.63) is 51.5 Å². The highest BCUT2D eigenvalue weighted by molar-refractivity contribution is 7.92. The summed E-state index contributed by atoms with van der Waals surface area (Å²) in [7, 11) is -3.96. The predicted octanol–water partition coefficient (Wildman–Crippen LogP) is 4.85. The fourth-order valence-electron chi connectivity index (χ4n) is 1.75. The van der Waals surface area contributed by atoms with Crippen molar-refractivity contribution in [2.45, 2.75) is 11.8 Å². The van der Waals surface area contributed by atoms with E-state index in [9.17, 15) is 8.42 Å². The van der Waals surface area contributed by atoms with Gasteiger partial charge in [-0.15, -0.1) is 0 Å². The van der Waals surface area contributed by atoms with Crippen molar-refractivity contribution in [1.29, 1.82) is 0 Å². The van der Waals surface area contributed by atoms with Gasteiger partial charge in [0.05, 0.1) is 22.3 Å². The summed E-state index contributed by atoms with van der Waals surface area (Å²) in [4.78, 5) is -0.0853. The van der Waals surface area contributed by atoms with Gasteiger partial charge in [-0.2, -0.15) is 0 Å². The molecule has 22 heavy (non-hydrogen) atoms. The Hall–Kier alpha value is -1.14. The van der Waals surface area contributed by atoms with E-state index < -0.39 is 10.0 Å². The first kappa shape index (κ1) is 17.2. The second-order valence-corrected chi connectivity index (χ2v) is 7.13. The van der Waals surface area contributed by atoms with Crippen LogP contribution in [0, 0.1) is 0 Å². The van der Waals surface area contributed by atoms with Gasteiger partial charge in [0.1, 0.15) is 10.6 Å². The molecule has 0 radical (unpaired) electrons. The van der Waals surface area contributed by atoms with E-state index in [0.29, 0.717) is 6.61 Å². The molecule has 0 saturated carbocycles. The fraction of sp³-hybridized carbons (Fsp3) is 0.143. The van der Waals surface area contributed by atoms with Crippen molar-refractivity contribution >= 4 is 50.5 Å². The molecular formula is C14H12Cl3NO3S. The van der Waals surface area contributed by atoms with Crippen molar-refractivity contribution in [3.8, 4) is 5.75 Å². The second kappa shape index (κ2) is 6.96. The number of sulfonamides is 1. The lowest BCUT2D eigenvalue weighted by molar-refractivity contribution is 0.331. The summed E-state index contributed by atoms with van der Waals surface area (Å²) in [6, 6.07) is 9.04. The van der Waals surface area contributed by atoms with E-state index in [2.05, 4.69) is 4.72 Å². The van der Waals surface area contributed by atoms with Crippen LogP contribution in [-0.2, 0) is 10.0 Å². The Balaban J connectivity index is 2.49. The molecule has 2 aromatic rings. The highest BCUT2D eigenvalue weighted by Crippen LogP contribution is 2.34. The van der Waals surface area contributed by atoms with Gasteiger partial charge in [0.2, 0.25) is 0 Å². The molecular weight excluding hydrogens is 369 g/mol. The SMILES string of the molecule is CCOc1ccc(Cl)cc1S(=O)(=O)Nc1c(Cl)cccc1Cl. The Morgan fingerprint density at radius 1 is 1.09 bits per heavy atom. The second-order valence-electron chi connectivity index (χ2n) is 4.23. The van der Waals surface area contributed by atoms with Crippen LogP contribution in [0.5, 0.6) is 5.75 Å². The van der Waals surface area contributed by atoms with Gasteiger partial charge in [0.25, 0.3) is 10.0 Å². The number of benzene rings is 2. The van der Waals surface area contributed by atoms with Gasteiger partial charge in [-0.1, -0.05) is 40.9 Å². The molecule has 4 nitrogen and oxygen atoms in total. The Morgan fingerprint density at radius 2 is 1.73 bits per heavy atom. The molecule has 0 aliphatic heterocycles. The molecule has 0 aliphatic rings. The number of para-hydroxylation sites is 1. The third kappa shape index (κ3) is 3.79. The monoisotopic (exact) mass is 379 g/mol. The Labute approximate surface area is 144 Å². The van der Waals surface area contributed by atoms with Crippen LogP contribution in [0.3, 0.4) is 0 Å². The molecule has 0 aromatic heterocycles. The Kier molecular flexibility index (Phi) is 5.45. The molecule has 0 aliphatic carbocycles. The maximum atomic E-state index is 12.6. The third-order valence-corrected chi connectivity index (χ3v) is 4.93. The van der Waals surface area contributed by atoms with Crippen LogP contribution in [0.25, 0.3) is 0 Å². The summed E-state index contributed by atoms with van der Waals surface area (Å²) >= 11 is 17.9. The number of ether oxygens (including phenoxy) is 1. The molecule has 0 spiro atoms. The summed E-state index contributed by atoms with van der Waals surface area (Å²) in [5.74, 6) is 0.197. The summed E-state index contributed by atoms with van der Waals surface area (Å²) in [5.41, 5.74) is 0.105. The van der Waals surface area contributed by atoms with Crippen LogP contribution < -0.4 is 9.46 Å². The molecule has 0 atom stereocenters. The van der Waals surface area contributed by atoms with Crippen molar-refractivity contribution in [2.24, 2.45) is 0 Å². The molecule has 0 unspecified atom stereocenters. The average molecular weight is 381 g/mol. The minimum absolute atomic E-state index is 0.0853. The molecule has 118 valence electrons. The lowest BCUT2D eigenvalue weighted by Crippen LogP contribution is -2.15. The van der Waals surface area contributed by atoms with E-state index in [0.717, 1.165) is 0 Å². The quantitative estimate of drug-likeness (QED) is 0.807. The minimum Gasteiger partial charge on any atom is -0.492 e. The first-order valence-electron chi connectivity index (χ1n) is 6.24. The number of hydrogen-bond acceptors (Lipinski definition) is 3. The average Bonchev–Trinajstić information content (AvgIpc) is 2.45. The number of hydrogen-bond donors (Lipinski definition) is 1. The van der Waals surface area contributed by atoms with Gasteiger partial charge in [-0.3, -0.25) is 4.72 Å². The molecule has 1 N–H and O–H groups in total. The highest BCUT2D eigenvalue weighted by atomic mass is 35.5. The van der Waals surface area contributed by atoms with Crippen LogP contribution in [0.15, 0.2) is 41.3 Å². The van der Waals surface area contributed by atoms with E-state index in [1.165, 1.54) is 24.3 Å². The normalized spacial score (nSPS) is 11.3. The molecule has 0 saturated heterocycles. The van der Waals surface area contributed by atoms with Gasteiger partial charge in [-0.05, 0) is 37.3 Å². The van der Waals surface area contributed by atoms with E-state index in [1.807, 2.05) is 0 Å². The maximum absolute atomic E-state index is 12.6. The first-order chi connectivity index (χ1) is 10.3. The van der Waals surface area contributed by atoms with Gasteiger partial charge in [0, 0.05) is 5.02 Å². The minimum atomic E-state index is -3.96. The zero-order valence-corrected chi connectivity index (χ0v) is 14.5. The fourth-order valence-corrected chi connectivity index (χ4v) is 3.86. The van der Waals surface area contributed by atoms with Crippen molar-refractivity contribution < 1.29 is 13.2 Å². The zero-order chi connectivity index (χ0) is 16.3. The topological polar surface area (TPSA) is 55.4 Å². The lowest BCUT2D eigenvalue weighted by Gasteiger charge is -2.14. The number of anilines is 1. The summed E-state index contributed by atoms with van der Waals surface area (Å²) in [5, 5.41) is 0.654. The summed E-state index contributed by atoms with van der Waals surface area (Å²) < 4.78 is 32.9. The van der Waals surface area contributed by atoms with E-state index in [1.54, 1.807) is 19.1 Å². The van der Waals surface area contributed by atoms with E-state index in [-0.39, 0.29) is 31.4 Å². The largest absolute Gasteiger partial charge is 0.492 e. The molecule has 0 amide bonds.